The lowest BCUT2D eigenvalue weighted by molar-refractivity contribution is -0.139. The van der Waals surface area contributed by atoms with Gasteiger partial charge < -0.3 is 14.7 Å². The molecule has 2 aromatic rings. The summed E-state index contributed by atoms with van der Waals surface area (Å²) in [6.45, 7) is 6.71. The Morgan fingerprint density at radius 3 is 2.46 bits per heavy atom. The molecule has 1 heterocycles. The van der Waals surface area contributed by atoms with E-state index in [-0.39, 0.29) is 12.5 Å². The van der Waals surface area contributed by atoms with Crippen LogP contribution < -0.4 is 4.74 Å². The number of rotatable bonds is 8. The number of ether oxygens (including phenoxy) is 1. The molecule has 0 aliphatic carbocycles. The summed E-state index contributed by atoms with van der Waals surface area (Å²) in [7, 11) is 1.76. The molecule has 7 nitrogen and oxygen atoms in total. The van der Waals surface area contributed by atoms with Crippen LogP contribution in [0.1, 0.15) is 40.7 Å². The van der Waals surface area contributed by atoms with Crippen molar-refractivity contribution < 1.29 is 19.4 Å². The monoisotopic (exact) mass is 359 g/mol. The molecule has 0 aliphatic rings. The van der Waals surface area contributed by atoms with Crippen molar-refractivity contribution >= 4 is 11.9 Å². The van der Waals surface area contributed by atoms with E-state index in [1.54, 1.807) is 24.1 Å². The fourth-order valence-electron chi connectivity index (χ4n) is 2.81. The van der Waals surface area contributed by atoms with Crippen LogP contribution in [0.15, 0.2) is 24.3 Å². The van der Waals surface area contributed by atoms with Gasteiger partial charge in [-0.1, -0.05) is 19.1 Å². The van der Waals surface area contributed by atoms with Gasteiger partial charge in [0.2, 0.25) is 0 Å². The number of hydrogen-bond donors (Lipinski definition) is 1. The number of aliphatic carboxylic acids is 1. The second-order valence-corrected chi connectivity index (χ2v) is 6.26. The zero-order valence-electron chi connectivity index (χ0n) is 15.7. The average Bonchev–Trinajstić information content (AvgIpc) is 2.87. The van der Waals surface area contributed by atoms with Crippen molar-refractivity contribution in [1.29, 1.82) is 0 Å². The van der Waals surface area contributed by atoms with Gasteiger partial charge in [-0.25, -0.2) is 4.79 Å². The second-order valence-electron chi connectivity index (χ2n) is 6.26. The lowest BCUT2D eigenvalue weighted by Gasteiger charge is -2.18. The molecule has 0 spiro atoms. The van der Waals surface area contributed by atoms with E-state index in [4.69, 9.17) is 9.84 Å². The number of amides is 1. The van der Waals surface area contributed by atoms with Crippen LogP contribution in [0, 0.1) is 13.8 Å². The van der Waals surface area contributed by atoms with Crippen molar-refractivity contribution in [2.45, 2.75) is 40.3 Å². The van der Waals surface area contributed by atoms with E-state index < -0.39 is 5.97 Å². The van der Waals surface area contributed by atoms with E-state index in [2.05, 4.69) is 12.0 Å². The average molecular weight is 359 g/mol. The lowest BCUT2D eigenvalue weighted by Crippen LogP contribution is -2.27. The van der Waals surface area contributed by atoms with Crippen LogP contribution in [-0.2, 0) is 17.9 Å². The Balaban J connectivity index is 2.06. The normalized spacial score (nSPS) is 10.6. The number of carboxylic acid groups (broad SMARTS) is 1. The molecule has 0 atom stereocenters. The fraction of sp³-hybridized carbons (Fsp3) is 0.421. The van der Waals surface area contributed by atoms with Crippen molar-refractivity contribution in [2.24, 2.45) is 0 Å². The van der Waals surface area contributed by atoms with Crippen LogP contribution in [0.25, 0.3) is 0 Å². The summed E-state index contributed by atoms with van der Waals surface area (Å²) in [6.07, 6.45) is 0.960. The highest BCUT2D eigenvalue weighted by atomic mass is 16.5. The van der Waals surface area contributed by atoms with E-state index in [9.17, 15) is 9.59 Å². The summed E-state index contributed by atoms with van der Waals surface area (Å²) in [5.41, 5.74) is 3.21. The summed E-state index contributed by atoms with van der Waals surface area (Å²) < 4.78 is 6.99. The van der Waals surface area contributed by atoms with Gasteiger partial charge in [-0.3, -0.25) is 9.48 Å². The maximum Gasteiger partial charge on any atom is 0.341 e. The van der Waals surface area contributed by atoms with Crippen LogP contribution in [0.2, 0.25) is 0 Å². The topological polar surface area (TPSA) is 84.7 Å². The van der Waals surface area contributed by atoms with Crippen molar-refractivity contribution in [2.75, 3.05) is 13.7 Å². The van der Waals surface area contributed by atoms with Crippen LogP contribution in [0.3, 0.4) is 0 Å². The van der Waals surface area contributed by atoms with Gasteiger partial charge in [-0.2, -0.15) is 5.10 Å². The smallest absolute Gasteiger partial charge is 0.341 e. The molecule has 26 heavy (non-hydrogen) atoms. The Bertz CT molecular complexity index is 781. The first-order chi connectivity index (χ1) is 12.3. The molecule has 7 heteroatoms. The van der Waals surface area contributed by atoms with Crippen LogP contribution >= 0.6 is 0 Å². The molecule has 0 saturated carbocycles. The third kappa shape index (κ3) is 4.62. The Morgan fingerprint density at radius 1 is 1.23 bits per heavy atom. The van der Waals surface area contributed by atoms with Crippen LogP contribution in [0.4, 0.5) is 0 Å². The summed E-state index contributed by atoms with van der Waals surface area (Å²) in [5, 5.41) is 13.1. The Morgan fingerprint density at radius 2 is 1.88 bits per heavy atom. The maximum atomic E-state index is 12.8. The number of benzene rings is 1. The van der Waals surface area contributed by atoms with Gasteiger partial charge in [-0.15, -0.1) is 0 Å². The summed E-state index contributed by atoms with van der Waals surface area (Å²) in [5.74, 6) is -0.597. The molecule has 1 amide bonds. The van der Waals surface area contributed by atoms with E-state index in [1.807, 2.05) is 30.7 Å². The molecular formula is C19H25N3O4. The minimum absolute atomic E-state index is 0.0615. The van der Waals surface area contributed by atoms with E-state index in [0.29, 0.717) is 17.9 Å². The summed E-state index contributed by atoms with van der Waals surface area (Å²) >= 11 is 0. The highest BCUT2D eigenvalue weighted by Gasteiger charge is 2.21. The molecule has 0 aliphatic heterocycles. The van der Waals surface area contributed by atoms with Gasteiger partial charge >= 0.3 is 5.97 Å². The first-order valence-electron chi connectivity index (χ1n) is 8.56. The Hall–Kier alpha value is -2.83. The molecule has 1 N–H and O–H groups in total. The Labute approximate surface area is 153 Å². The molecule has 0 radical (unpaired) electrons. The zero-order chi connectivity index (χ0) is 19.3. The maximum absolute atomic E-state index is 12.8. The molecule has 0 saturated heterocycles. The van der Waals surface area contributed by atoms with Crippen LogP contribution in [0.5, 0.6) is 5.75 Å². The predicted molar refractivity (Wildman–Crippen MR) is 97.4 cm³/mol. The largest absolute Gasteiger partial charge is 0.482 e. The number of aromatic nitrogens is 2. The molecule has 0 unspecified atom stereocenters. The van der Waals surface area contributed by atoms with Crippen LogP contribution in [-0.4, -0.2) is 45.3 Å². The molecule has 140 valence electrons. The lowest BCUT2D eigenvalue weighted by atomic mass is 10.1. The molecule has 1 aromatic carbocycles. The number of carboxylic acids is 1. The Kier molecular flexibility index (Phi) is 6.38. The summed E-state index contributed by atoms with van der Waals surface area (Å²) in [4.78, 5) is 25.0. The van der Waals surface area contributed by atoms with E-state index >= 15 is 0 Å². The third-order valence-corrected chi connectivity index (χ3v) is 4.08. The SMILES string of the molecule is CCCn1nc(C)c(C(=O)N(C)Cc2ccc(OCC(=O)O)cc2)c1C. The highest BCUT2D eigenvalue weighted by molar-refractivity contribution is 5.96. The standard InChI is InChI=1S/C19H25N3O4/c1-5-10-22-14(3)18(13(2)20-22)19(25)21(4)11-15-6-8-16(9-7-15)26-12-17(23)24/h6-9H,5,10-12H2,1-4H3,(H,23,24). The molecule has 0 bridgehead atoms. The number of carbonyl (C=O) groups is 2. The fourth-order valence-corrected chi connectivity index (χ4v) is 2.81. The highest BCUT2D eigenvalue weighted by Crippen LogP contribution is 2.18. The minimum Gasteiger partial charge on any atom is -0.482 e. The molecular weight excluding hydrogens is 334 g/mol. The van der Waals surface area contributed by atoms with Gasteiger partial charge in [0.25, 0.3) is 5.91 Å². The van der Waals surface area contributed by atoms with Crippen molar-refractivity contribution in [3.8, 4) is 5.75 Å². The minimum atomic E-state index is -1.02. The van der Waals surface area contributed by atoms with Gasteiger partial charge in [0, 0.05) is 25.8 Å². The van der Waals surface area contributed by atoms with Gasteiger partial charge in [0.1, 0.15) is 5.75 Å². The zero-order valence-corrected chi connectivity index (χ0v) is 15.7. The first kappa shape index (κ1) is 19.5. The molecule has 2 rings (SSSR count). The molecule has 1 aromatic heterocycles. The first-order valence-corrected chi connectivity index (χ1v) is 8.56. The third-order valence-electron chi connectivity index (χ3n) is 4.08. The van der Waals surface area contributed by atoms with Gasteiger partial charge in [-0.05, 0) is 38.0 Å². The van der Waals surface area contributed by atoms with Gasteiger partial charge in [0.15, 0.2) is 6.61 Å². The second kappa shape index (κ2) is 8.51. The molecule has 0 fully saturated rings. The number of carbonyl (C=O) groups excluding carboxylic acids is 1. The number of hydrogen-bond acceptors (Lipinski definition) is 4. The van der Waals surface area contributed by atoms with Crippen molar-refractivity contribution in [3.63, 3.8) is 0 Å². The van der Waals surface area contributed by atoms with Crippen molar-refractivity contribution in [1.82, 2.24) is 14.7 Å². The van der Waals surface area contributed by atoms with E-state index in [1.165, 1.54) is 0 Å². The quantitative estimate of drug-likeness (QED) is 0.783. The number of nitrogens with zero attached hydrogens (tertiary/aromatic N) is 3. The van der Waals surface area contributed by atoms with E-state index in [0.717, 1.165) is 29.9 Å². The van der Waals surface area contributed by atoms with Crippen molar-refractivity contribution in [3.05, 3.63) is 46.8 Å². The summed E-state index contributed by atoms with van der Waals surface area (Å²) in [6, 6.07) is 7.04. The predicted octanol–water partition coefficient (Wildman–Crippen LogP) is 2.65. The van der Waals surface area contributed by atoms with Gasteiger partial charge in [0.05, 0.1) is 11.3 Å². The number of aryl methyl sites for hydroxylation is 2.